The van der Waals surface area contributed by atoms with E-state index in [1.807, 2.05) is 0 Å². The zero-order chi connectivity index (χ0) is 20.1. The van der Waals surface area contributed by atoms with Crippen molar-refractivity contribution in [3.05, 3.63) is 11.7 Å². The molecule has 3 aliphatic rings. The summed E-state index contributed by atoms with van der Waals surface area (Å²) in [5, 5.41) is 4.05. The SMILES string of the molecule is COCCc1noc(CC2CCOC3(CCN(C(=O)CC4CCCC4)CC3)C2)n1. The standard InChI is InChI=1S/C22H35N3O4/c1-27-12-7-19-23-20(29-24-19)14-18-6-13-28-22(16-18)8-10-25(11-9-22)21(26)15-17-4-2-3-5-17/h17-18H,2-16H2,1H3. The second kappa shape index (κ2) is 9.56. The van der Waals surface area contributed by atoms with Gasteiger partial charge in [0.15, 0.2) is 5.82 Å². The Morgan fingerprint density at radius 2 is 2.00 bits per heavy atom. The lowest BCUT2D eigenvalue weighted by molar-refractivity contribution is -0.148. The Morgan fingerprint density at radius 1 is 1.21 bits per heavy atom. The third-order valence-corrected chi connectivity index (χ3v) is 7.06. The zero-order valence-electron chi connectivity index (χ0n) is 17.7. The average molecular weight is 406 g/mol. The van der Waals surface area contributed by atoms with Crippen LogP contribution in [0.3, 0.4) is 0 Å². The molecule has 1 aromatic heterocycles. The van der Waals surface area contributed by atoms with Crippen molar-refractivity contribution in [2.75, 3.05) is 33.4 Å². The molecule has 0 N–H and O–H groups in total. The monoisotopic (exact) mass is 405 g/mol. The van der Waals surface area contributed by atoms with E-state index in [4.69, 9.17) is 14.0 Å². The number of nitrogens with zero attached hydrogens (tertiary/aromatic N) is 3. The number of methoxy groups -OCH3 is 1. The molecule has 2 saturated heterocycles. The molecular formula is C22H35N3O4. The van der Waals surface area contributed by atoms with Crippen molar-refractivity contribution in [1.29, 1.82) is 0 Å². The van der Waals surface area contributed by atoms with Crippen molar-refractivity contribution >= 4 is 5.91 Å². The summed E-state index contributed by atoms with van der Waals surface area (Å²) in [7, 11) is 1.68. The highest BCUT2D eigenvalue weighted by Gasteiger charge is 2.41. The van der Waals surface area contributed by atoms with Crippen LogP contribution in [0.15, 0.2) is 4.52 Å². The Kier molecular flexibility index (Phi) is 6.85. The van der Waals surface area contributed by atoms with Crippen LogP contribution in [0.1, 0.15) is 69.5 Å². The fourth-order valence-corrected chi connectivity index (χ4v) is 5.32. The molecule has 1 spiro atoms. The molecule has 1 atom stereocenters. The molecular weight excluding hydrogens is 370 g/mol. The summed E-state index contributed by atoms with van der Waals surface area (Å²) >= 11 is 0. The number of hydrogen-bond acceptors (Lipinski definition) is 6. The summed E-state index contributed by atoms with van der Waals surface area (Å²) in [5.74, 6) is 2.92. The van der Waals surface area contributed by atoms with Gasteiger partial charge in [-0.3, -0.25) is 4.79 Å². The van der Waals surface area contributed by atoms with Gasteiger partial charge in [-0.15, -0.1) is 0 Å². The summed E-state index contributed by atoms with van der Waals surface area (Å²) in [6, 6.07) is 0. The molecule has 0 bridgehead atoms. The summed E-state index contributed by atoms with van der Waals surface area (Å²) < 4.78 is 16.8. The number of hydrogen-bond donors (Lipinski definition) is 0. The fourth-order valence-electron chi connectivity index (χ4n) is 5.32. The molecule has 7 heteroatoms. The van der Waals surface area contributed by atoms with Crippen molar-refractivity contribution in [2.45, 2.75) is 76.2 Å². The van der Waals surface area contributed by atoms with Gasteiger partial charge in [0.05, 0.1) is 12.2 Å². The Bertz CT molecular complexity index is 663. The van der Waals surface area contributed by atoms with Gasteiger partial charge in [0.25, 0.3) is 0 Å². The summed E-state index contributed by atoms with van der Waals surface area (Å²) in [6.45, 7) is 3.06. The third kappa shape index (κ3) is 5.37. The van der Waals surface area contributed by atoms with E-state index in [1.54, 1.807) is 7.11 Å². The van der Waals surface area contributed by atoms with Gasteiger partial charge in [0.2, 0.25) is 11.8 Å². The minimum atomic E-state index is -0.0774. The van der Waals surface area contributed by atoms with E-state index < -0.39 is 0 Å². The zero-order valence-corrected chi connectivity index (χ0v) is 17.7. The molecule has 3 heterocycles. The normalized spacial score (nSPS) is 25.0. The highest BCUT2D eigenvalue weighted by Crippen LogP contribution is 2.39. The van der Waals surface area contributed by atoms with Crippen LogP contribution in [-0.4, -0.2) is 60.0 Å². The number of amides is 1. The van der Waals surface area contributed by atoms with Gasteiger partial charge in [-0.2, -0.15) is 4.98 Å². The van der Waals surface area contributed by atoms with E-state index in [-0.39, 0.29) is 5.60 Å². The molecule has 162 valence electrons. The van der Waals surface area contributed by atoms with Gasteiger partial charge in [0, 0.05) is 46.1 Å². The second-order valence-electron chi connectivity index (χ2n) is 9.18. The quantitative estimate of drug-likeness (QED) is 0.693. The lowest BCUT2D eigenvalue weighted by atomic mass is 9.78. The van der Waals surface area contributed by atoms with E-state index >= 15 is 0 Å². The largest absolute Gasteiger partial charge is 0.384 e. The minimum absolute atomic E-state index is 0.0774. The number of ether oxygens (including phenoxy) is 2. The first-order valence-electron chi connectivity index (χ1n) is 11.4. The lowest BCUT2D eigenvalue weighted by Crippen LogP contribution is -2.51. The number of carbonyl (C=O) groups is 1. The highest BCUT2D eigenvalue weighted by molar-refractivity contribution is 5.76. The van der Waals surface area contributed by atoms with Crippen LogP contribution < -0.4 is 0 Å². The molecule has 2 aliphatic heterocycles. The molecule has 1 amide bonds. The first kappa shape index (κ1) is 20.8. The average Bonchev–Trinajstić information content (AvgIpc) is 3.39. The van der Waals surface area contributed by atoms with Crippen LogP contribution in [0.4, 0.5) is 0 Å². The van der Waals surface area contributed by atoms with Crippen LogP contribution in [-0.2, 0) is 27.1 Å². The van der Waals surface area contributed by atoms with Crippen molar-refractivity contribution in [1.82, 2.24) is 15.0 Å². The molecule has 29 heavy (non-hydrogen) atoms. The van der Waals surface area contributed by atoms with E-state index in [9.17, 15) is 4.79 Å². The van der Waals surface area contributed by atoms with E-state index in [2.05, 4.69) is 15.0 Å². The van der Waals surface area contributed by atoms with Crippen LogP contribution in [0.5, 0.6) is 0 Å². The molecule has 7 nitrogen and oxygen atoms in total. The minimum Gasteiger partial charge on any atom is -0.384 e. The molecule has 1 saturated carbocycles. The maximum absolute atomic E-state index is 12.7. The van der Waals surface area contributed by atoms with Crippen LogP contribution in [0.25, 0.3) is 0 Å². The molecule has 4 rings (SSSR count). The first-order chi connectivity index (χ1) is 14.2. The fraction of sp³-hybridized carbons (Fsp3) is 0.864. The van der Waals surface area contributed by atoms with Gasteiger partial charge >= 0.3 is 0 Å². The van der Waals surface area contributed by atoms with Crippen molar-refractivity contribution in [3.63, 3.8) is 0 Å². The van der Waals surface area contributed by atoms with E-state index in [1.165, 1.54) is 25.7 Å². The maximum Gasteiger partial charge on any atom is 0.226 e. The van der Waals surface area contributed by atoms with Crippen LogP contribution in [0, 0.1) is 11.8 Å². The maximum atomic E-state index is 12.7. The van der Waals surface area contributed by atoms with Gasteiger partial charge in [-0.05, 0) is 50.4 Å². The predicted molar refractivity (Wildman–Crippen MR) is 107 cm³/mol. The Balaban J connectivity index is 1.26. The molecule has 3 fully saturated rings. The number of piperidine rings is 1. The molecule has 0 aromatic carbocycles. The summed E-state index contributed by atoms with van der Waals surface area (Å²) in [4.78, 5) is 19.2. The lowest BCUT2D eigenvalue weighted by Gasteiger charge is -2.46. The highest BCUT2D eigenvalue weighted by atomic mass is 16.5. The molecule has 1 aromatic rings. The smallest absolute Gasteiger partial charge is 0.226 e. The van der Waals surface area contributed by atoms with Gasteiger partial charge in [-0.1, -0.05) is 18.0 Å². The second-order valence-corrected chi connectivity index (χ2v) is 9.18. The number of aromatic nitrogens is 2. The Hall–Kier alpha value is -1.47. The number of rotatable bonds is 7. The number of carbonyl (C=O) groups excluding carboxylic acids is 1. The van der Waals surface area contributed by atoms with Gasteiger partial charge < -0.3 is 18.9 Å². The van der Waals surface area contributed by atoms with E-state index in [0.717, 1.165) is 69.9 Å². The van der Waals surface area contributed by atoms with Crippen molar-refractivity contribution in [2.24, 2.45) is 11.8 Å². The molecule has 1 aliphatic carbocycles. The predicted octanol–water partition coefficient (Wildman–Crippen LogP) is 3.17. The molecule has 0 radical (unpaired) electrons. The van der Waals surface area contributed by atoms with Crippen molar-refractivity contribution < 1.29 is 18.8 Å². The Morgan fingerprint density at radius 3 is 2.76 bits per heavy atom. The van der Waals surface area contributed by atoms with E-state index in [0.29, 0.717) is 30.8 Å². The summed E-state index contributed by atoms with van der Waals surface area (Å²) in [5.41, 5.74) is -0.0774. The Labute approximate surface area is 173 Å². The van der Waals surface area contributed by atoms with Crippen LogP contribution in [0.2, 0.25) is 0 Å². The molecule has 1 unspecified atom stereocenters. The van der Waals surface area contributed by atoms with Gasteiger partial charge in [-0.25, -0.2) is 0 Å². The van der Waals surface area contributed by atoms with Crippen LogP contribution >= 0.6 is 0 Å². The van der Waals surface area contributed by atoms with Crippen molar-refractivity contribution in [3.8, 4) is 0 Å². The summed E-state index contributed by atoms with van der Waals surface area (Å²) in [6.07, 6.45) is 11.3. The number of likely N-dealkylation sites (tertiary alicyclic amines) is 1. The third-order valence-electron chi connectivity index (χ3n) is 7.06. The van der Waals surface area contributed by atoms with Gasteiger partial charge in [0.1, 0.15) is 0 Å². The first-order valence-corrected chi connectivity index (χ1v) is 11.4. The topological polar surface area (TPSA) is 77.7 Å².